The van der Waals surface area contributed by atoms with Crippen molar-refractivity contribution in [2.75, 3.05) is 11.1 Å². The number of aromatic nitrogens is 3. The van der Waals surface area contributed by atoms with Gasteiger partial charge in [-0.3, -0.25) is 9.36 Å². The second-order valence-corrected chi connectivity index (χ2v) is 10.3. The summed E-state index contributed by atoms with van der Waals surface area (Å²) in [5, 5.41) is 23.6. The molecule has 0 saturated heterocycles. The summed E-state index contributed by atoms with van der Waals surface area (Å²) >= 11 is 2.62. The molecule has 0 aliphatic rings. The first-order valence-electron chi connectivity index (χ1n) is 10.3. The van der Waals surface area contributed by atoms with E-state index >= 15 is 0 Å². The number of carbonyl (C=O) groups is 1. The minimum atomic E-state index is -0.206. The molecule has 0 spiro atoms. The number of carbonyl (C=O) groups excluding carboxylic acids is 1. The molecule has 0 unspecified atom stereocenters. The largest absolute Gasteiger partial charge is 0.467 e. The molecule has 33 heavy (non-hydrogen) atoms. The number of nitriles is 1. The van der Waals surface area contributed by atoms with Crippen LogP contribution in [0.4, 0.5) is 5.00 Å². The van der Waals surface area contributed by atoms with Crippen LogP contribution >= 0.6 is 23.1 Å². The van der Waals surface area contributed by atoms with Gasteiger partial charge in [-0.1, -0.05) is 56.8 Å². The van der Waals surface area contributed by atoms with E-state index < -0.39 is 0 Å². The lowest BCUT2D eigenvalue weighted by molar-refractivity contribution is -0.113. The van der Waals surface area contributed by atoms with Crippen LogP contribution in [0.3, 0.4) is 0 Å². The van der Waals surface area contributed by atoms with Gasteiger partial charge >= 0.3 is 0 Å². The average Bonchev–Trinajstić information content (AvgIpc) is 3.54. The van der Waals surface area contributed by atoms with Crippen LogP contribution in [-0.4, -0.2) is 26.4 Å². The maximum atomic E-state index is 12.5. The third-order valence-corrected chi connectivity index (χ3v) is 6.79. The molecule has 1 aromatic carbocycles. The molecule has 4 rings (SSSR count). The highest BCUT2D eigenvalue weighted by atomic mass is 32.2. The highest BCUT2D eigenvalue weighted by Gasteiger charge is 2.19. The van der Waals surface area contributed by atoms with Crippen molar-refractivity contribution in [1.82, 2.24) is 14.8 Å². The molecule has 1 N–H and O–H groups in total. The normalized spacial score (nSPS) is 11.3. The van der Waals surface area contributed by atoms with E-state index in [1.165, 1.54) is 28.7 Å². The van der Waals surface area contributed by atoms with Crippen molar-refractivity contribution >= 4 is 34.0 Å². The van der Waals surface area contributed by atoms with Gasteiger partial charge < -0.3 is 9.73 Å². The number of nitrogens with one attached hydrogen (secondary N) is 1. The molecule has 0 bridgehead atoms. The van der Waals surface area contributed by atoms with E-state index in [9.17, 15) is 4.79 Å². The number of nitrogens with zero attached hydrogens (tertiary/aromatic N) is 4. The van der Waals surface area contributed by atoms with Gasteiger partial charge in [-0.2, -0.15) is 5.26 Å². The number of hydrogen-bond acceptors (Lipinski definition) is 7. The molecule has 0 aliphatic carbocycles. The number of rotatable bonds is 7. The smallest absolute Gasteiger partial charge is 0.235 e. The fraction of sp³-hybridized carbons (Fsp3) is 0.250. The van der Waals surface area contributed by atoms with E-state index in [1.807, 2.05) is 28.8 Å². The molecule has 4 aromatic rings. The van der Waals surface area contributed by atoms with Crippen LogP contribution in [0.15, 0.2) is 63.7 Å². The van der Waals surface area contributed by atoms with Crippen LogP contribution in [0.2, 0.25) is 0 Å². The molecular formula is C24H23N5O2S2. The minimum Gasteiger partial charge on any atom is -0.467 e. The first-order chi connectivity index (χ1) is 15.8. The number of amides is 1. The fourth-order valence-corrected chi connectivity index (χ4v) is 4.71. The van der Waals surface area contributed by atoms with Crippen LogP contribution < -0.4 is 5.32 Å². The van der Waals surface area contributed by atoms with Crippen molar-refractivity contribution in [2.45, 2.75) is 37.9 Å². The van der Waals surface area contributed by atoms with Crippen molar-refractivity contribution in [3.05, 3.63) is 71.0 Å². The average molecular weight is 478 g/mol. The predicted molar refractivity (Wildman–Crippen MR) is 130 cm³/mol. The van der Waals surface area contributed by atoms with Crippen LogP contribution in [0.25, 0.3) is 11.4 Å². The van der Waals surface area contributed by atoms with Crippen LogP contribution in [-0.2, 0) is 16.8 Å². The van der Waals surface area contributed by atoms with Gasteiger partial charge in [0, 0.05) is 5.56 Å². The Morgan fingerprint density at radius 1 is 1.21 bits per heavy atom. The van der Waals surface area contributed by atoms with E-state index in [0.29, 0.717) is 28.1 Å². The summed E-state index contributed by atoms with van der Waals surface area (Å²) in [6, 6.07) is 15.8. The predicted octanol–water partition coefficient (Wildman–Crippen LogP) is 5.55. The number of thiophene rings is 1. The fourth-order valence-electron chi connectivity index (χ4n) is 3.22. The monoisotopic (exact) mass is 477 g/mol. The summed E-state index contributed by atoms with van der Waals surface area (Å²) in [6.45, 7) is 6.98. The Hall–Kier alpha value is -3.35. The molecule has 3 aromatic heterocycles. The maximum absolute atomic E-state index is 12.5. The Balaban J connectivity index is 1.56. The van der Waals surface area contributed by atoms with E-state index in [1.54, 1.807) is 17.7 Å². The van der Waals surface area contributed by atoms with Gasteiger partial charge in [0.05, 0.1) is 24.1 Å². The lowest BCUT2D eigenvalue weighted by Gasteiger charge is -2.19. The summed E-state index contributed by atoms with van der Waals surface area (Å²) in [5.74, 6) is 1.41. The SMILES string of the molecule is CC(C)(C)c1ccc(-c2nnc(SCC(=O)Nc3sccc3C#N)n2Cc2ccco2)cc1. The van der Waals surface area contributed by atoms with Gasteiger partial charge in [0.15, 0.2) is 11.0 Å². The van der Waals surface area contributed by atoms with E-state index in [-0.39, 0.29) is 17.1 Å². The number of thioether (sulfide) groups is 1. The molecule has 9 heteroatoms. The molecular weight excluding hydrogens is 454 g/mol. The van der Waals surface area contributed by atoms with Crippen LogP contribution in [0.1, 0.15) is 37.7 Å². The van der Waals surface area contributed by atoms with Crippen LogP contribution in [0, 0.1) is 11.3 Å². The molecule has 168 valence electrons. The van der Waals surface area contributed by atoms with Gasteiger partial charge in [-0.25, -0.2) is 0 Å². The second kappa shape index (κ2) is 9.65. The Kier molecular flexibility index (Phi) is 6.67. The Bertz CT molecular complexity index is 1280. The molecule has 0 saturated carbocycles. The molecule has 0 fully saturated rings. The van der Waals surface area contributed by atoms with Gasteiger partial charge in [-0.15, -0.1) is 21.5 Å². The quantitative estimate of drug-likeness (QED) is 0.351. The molecule has 7 nitrogen and oxygen atoms in total. The molecule has 3 heterocycles. The van der Waals surface area contributed by atoms with Crippen molar-refractivity contribution in [1.29, 1.82) is 5.26 Å². The van der Waals surface area contributed by atoms with E-state index in [4.69, 9.17) is 9.68 Å². The maximum Gasteiger partial charge on any atom is 0.235 e. The highest BCUT2D eigenvalue weighted by molar-refractivity contribution is 7.99. The first-order valence-corrected chi connectivity index (χ1v) is 12.2. The summed E-state index contributed by atoms with van der Waals surface area (Å²) in [6.07, 6.45) is 1.63. The first kappa shape index (κ1) is 22.8. The number of hydrogen-bond donors (Lipinski definition) is 1. The zero-order valence-electron chi connectivity index (χ0n) is 18.5. The van der Waals surface area contributed by atoms with Gasteiger partial charge in [0.2, 0.25) is 5.91 Å². The second-order valence-electron chi connectivity index (χ2n) is 8.41. The Labute approximate surface area is 200 Å². The summed E-state index contributed by atoms with van der Waals surface area (Å²) < 4.78 is 7.50. The van der Waals surface area contributed by atoms with Gasteiger partial charge in [0.1, 0.15) is 16.8 Å². The Morgan fingerprint density at radius 3 is 2.67 bits per heavy atom. The highest BCUT2D eigenvalue weighted by Crippen LogP contribution is 2.29. The summed E-state index contributed by atoms with van der Waals surface area (Å²) in [7, 11) is 0. The van der Waals surface area contributed by atoms with Crippen molar-refractivity contribution in [3.8, 4) is 17.5 Å². The molecule has 1 amide bonds. The summed E-state index contributed by atoms with van der Waals surface area (Å²) in [4.78, 5) is 12.5. The molecule has 0 aliphatic heterocycles. The zero-order chi connectivity index (χ0) is 23.4. The van der Waals surface area contributed by atoms with Gasteiger partial charge in [0.25, 0.3) is 0 Å². The number of anilines is 1. The van der Waals surface area contributed by atoms with Crippen LogP contribution in [0.5, 0.6) is 0 Å². The lowest BCUT2D eigenvalue weighted by atomic mass is 9.87. The minimum absolute atomic E-state index is 0.0583. The van der Waals surface area contributed by atoms with Gasteiger partial charge in [-0.05, 0) is 34.6 Å². The lowest BCUT2D eigenvalue weighted by Crippen LogP contribution is -2.14. The zero-order valence-corrected chi connectivity index (χ0v) is 20.2. The third kappa shape index (κ3) is 5.35. The van der Waals surface area contributed by atoms with E-state index in [0.717, 1.165) is 11.3 Å². The van der Waals surface area contributed by atoms with Crippen molar-refractivity contribution < 1.29 is 9.21 Å². The Morgan fingerprint density at radius 2 is 2.00 bits per heavy atom. The standard InChI is InChI=1S/C24H23N5O2S2/c1-24(2,3)18-8-6-16(7-9-18)21-27-28-23(29(21)14-19-5-4-11-31-19)33-15-20(30)26-22-17(13-25)10-12-32-22/h4-12H,14-15H2,1-3H3,(H,26,30). The van der Waals surface area contributed by atoms with Crippen molar-refractivity contribution in [3.63, 3.8) is 0 Å². The summed E-state index contributed by atoms with van der Waals surface area (Å²) in [5.41, 5.74) is 2.69. The number of benzene rings is 1. The third-order valence-electron chi connectivity index (χ3n) is 4.99. The molecule has 0 atom stereocenters. The number of furan rings is 1. The molecule has 0 radical (unpaired) electrons. The van der Waals surface area contributed by atoms with E-state index in [2.05, 4.69) is 54.5 Å². The van der Waals surface area contributed by atoms with Crippen molar-refractivity contribution in [2.24, 2.45) is 0 Å². The topological polar surface area (TPSA) is 96.7 Å².